The molecule has 0 amide bonds. The summed E-state index contributed by atoms with van der Waals surface area (Å²) in [6.07, 6.45) is 0.553. The Morgan fingerprint density at radius 2 is 2.17 bits per heavy atom. The molecule has 2 aliphatic rings. The third-order valence-corrected chi connectivity index (χ3v) is 3.53. The number of hydrogen-bond acceptors (Lipinski definition) is 3. The van der Waals surface area contributed by atoms with Crippen molar-refractivity contribution >= 4 is 12.4 Å². The Morgan fingerprint density at radius 1 is 1.33 bits per heavy atom. The van der Waals surface area contributed by atoms with E-state index in [0.717, 1.165) is 18.8 Å². The van der Waals surface area contributed by atoms with Gasteiger partial charge < -0.3 is 14.8 Å². The smallest absolute Gasteiger partial charge is 0.125 e. The molecule has 0 unspecified atom stereocenters. The highest BCUT2D eigenvalue weighted by molar-refractivity contribution is 5.85. The third kappa shape index (κ3) is 2.35. The first-order valence-electron chi connectivity index (χ1n) is 6.36. The highest BCUT2D eigenvalue weighted by Crippen LogP contribution is 2.38. The summed E-state index contributed by atoms with van der Waals surface area (Å²) in [5.41, 5.74) is 2.65. The normalized spacial score (nSPS) is 25.3. The van der Waals surface area contributed by atoms with E-state index in [0.29, 0.717) is 18.6 Å². The summed E-state index contributed by atoms with van der Waals surface area (Å²) in [5.74, 6) is 1.48. The molecule has 0 bridgehead atoms. The summed E-state index contributed by atoms with van der Waals surface area (Å²) in [6.45, 7) is 6.79. The Labute approximate surface area is 114 Å². The molecule has 1 aromatic rings. The maximum absolute atomic E-state index is 5.91. The maximum atomic E-state index is 5.91. The predicted octanol–water partition coefficient (Wildman–Crippen LogP) is 2.48. The van der Waals surface area contributed by atoms with Crippen LogP contribution in [-0.4, -0.2) is 25.3 Å². The van der Waals surface area contributed by atoms with Crippen LogP contribution in [0.5, 0.6) is 5.75 Å². The first-order valence-corrected chi connectivity index (χ1v) is 6.36. The molecule has 3 nitrogen and oxygen atoms in total. The van der Waals surface area contributed by atoms with E-state index in [1.807, 2.05) is 6.07 Å². The zero-order chi connectivity index (χ0) is 11.8. The summed E-state index contributed by atoms with van der Waals surface area (Å²) in [6, 6.07) is 6.36. The molecule has 0 aromatic heterocycles. The fourth-order valence-corrected chi connectivity index (χ4v) is 2.78. The average Bonchev–Trinajstić information content (AvgIpc) is 2.76. The van der Waals surface area contributed by atoms with Gasteiger partial charge in [-0.05, 0) is 25.5 Å². The number of benzene rings is 1. The van der Waals surface area contributed by atoms with Gasteiger partial charge in [0.1, 0.15) is 5.75 Å². The van der Waals surface area contributed by atoms with Crippen molar-refractivity contribution in [3.8, 4) is 5.75 Å². The standard InChI is InChI=1S/C14H19NO2.ClH/c1-9(2)17-13-5-3-4-10-11-6-15-7-14(11)16-8-12(10)13;/h3-5,9,11,14-15H,6-8H2,1-2H3;1H/t11-,14-;/m1./s1. The predicted molar refractivity (Wildman–Crippen MR) is 73.6 cm³/mol. The Hall–Kier alpha value is -0.770. The van der Waals surface area contributed by atoms with E-state index in [1.54, 1.807) is 0 Å². The van der Waals surface area contributed by atoms with Crippen molar-refractivity contribution in [3.63, 3.8) is 0 Å². The molecule has 1 saturated heterocycles. The van der Waals surface area contributed by atoms with Crippen molar-refractivity contribution in [2.45, 2.75) is 38.6 Å². The Morgan fingerprint density at radius 3 is 2.94 bits per heavy atom. The molecule has 3 rings (SSSR count). The number of hydrogen-bond donors (Lipinski definition) is 1. The number of ether oxygens (including phenoxy) is 2. The van der Waals surface area contributed by atoms with Crippen LogP contribution in [0.15, 0.2) is 18.2 Å². The van der Waals surface area contributed by atoms with Crippen LogP contribution in [0, 0.1) is 0 Å². The van der Waals surface area contributed by atoms with Crippen molar-refractivity contribution in [1.29, 1.82) is 0 Å². The van der Waals surface area contributed by atoms with Gasteiger partial charge in [-0.3, -0.25) is 0 Å². The van der Waals surface area contributed by atoms with Gasteiger partial charge in [0.05, 0.1) is 18.8 Å². The van der Waals surface area contributed by atoms with Gasteiger partial charge in [0, 0.05) is 24.6 Å². The fourth-order valence-electron chi connectivity index (χ4n) is 2.78. The van der Waals surface area contributed by atoms with Crippen molar-refractivity contribution in [3.05, 3.63) is 29.3 Å². The molecule has 2 aliphatic heterocycles. The minimum Gasteiger partial charge on any atom is -0.491 e. The van der Waals surface area contributed by atoms with Crippen molar-refractivity contribution in [2.24, 2.45) is 0 Å². The van der Waals surface area contributed by atoms with E-state index in [-0.39, 0.29) is 18.5 Å². The summed E-state index contributed by atoms with van der Waals surface area (Å²) in [4.78, 5) is 0. The number of halogens is 1. The second-order valence-corrected chi connectivity index (χ2v) is 5.10. The van der Waals surface area contributed by atoms with E-state index in [1.165, 1.54) is 11.1 Å². The quantitative estimate of drug-likeness (QED) is 0.895. The minimum absolute atomic E-state index is 0. The molecule has 1 N–H and O–H groups in total. The van der Waals surface area contributed by atoms with Crippen molar-refractivity contribution in [1.82, 2.24) is 5.32 Å². The van der Waals surface area contributed by atoms with Crippen LogP contribution in [0.25, 0.3) is 0 Å². The van der Waals surface area contributed by atoms with Gasteiger partial charge in [0.15, 0.2) is 0 Å². The van der Waals surface area contributed by atoms with Crippen LogP contribution >= 0.6 is 12.4 Å². The SMILES string of the molecule is CC(C)Oc1cccc2c1CO[C@@H]1CNC[C@H]21.Cl. The lowest BCUT2D eigenvalue weighted by molar-refractivity contribution is 0.0277. The molecule has 2 heterocycles. The lowest BCUT2D eigenvalue weighted by atomic mass is 9.89. The molecule has 0 spiro atoms. The lowest BCUT2D eigenvalue weighted by Crippen LogP contribution is -2.27. The Bertz CT molecular complexity index is 422. The molecule has 0 aliphatic carbocycles. The van der Waals surface area contributed by atoms with Gasteiger partial charge in [-0.15, -0.1) is 12.4 Å². The van der Waals surface area contributed by atoms with E-state index in [9.17, 15) is 0 Å². The largest absolute Gasteiger partial charge is 0.491 e. The average molecular weight is 270 g/mol. The highest BCUT2D eigenvalue weighted by atomic mass is 35.5. The molecule has 100 valence electrons. The summed E-state index contributed by atoms with van der Waals surface area (Å²) >= 11 is 0. The van der Waals surface area contributed by atoms with Gasteiger partial charge >= 0.3 is 0 Å². The topological polar surface area (TPSA) is 30.5 Å². The highest BCUT2D eigenvalue weighted by Gasteiger charge is 2.35. The van der Waals surface area contributed by atoms with Gasteiger partial charge in [-0.2, -0.15) is 0 Å². The number of nitrogens with one attached hydrogen (secondary N) is 1. The molecule has 2 atom stereocenters. The maximum Gasteiger partial charge on any atom is 0.125 e. The second-order valence-electron chi connectivity index (χ2n) is 5.10. The molecule has 1 aromatic carbocycles. The van der Waals surface area contributed by atoms with Gasteiger partial charge in [-0.1, -0.05) is 12.1 Å². The van der Waals surface area contributed by atoms with Crippen molar-refractivity contribution in [2.75, 3.05) is 13.1 Å². The first-order chi connectivity index (χ1) is 8.25. The van der Waals surface area contributed by atoms with Gasteiger partial charge in [0.25, 0.3) is 0 Å². The zero-order valence-electron chi connectivity index (χ0n) is 10.8. The monoisotopic (exact) mass is 269 g/mol. The van der Waals surface area contributed by atoms with Crippen LogP contribution in [0.3, 0.4) is 0 Å². The lowest BCUT2D eigenvalue weighted by Gasteiger charge is -2.29. The third-order valence-electron chi connectivity index (χ3n) is 3.53. The van der Waals surface area contributed by atoms with Crippen LogP contribution in [0.4, 0.5) is 0 Å². The molecule has 0 saturated carbocycles. The summed E-state index contributed by atoms with van der Waals surface area (Å²) < 4.78 is 11.8. The molecular weight excluding hydrogens is 250 g/mol. The minimum atomic E-state index is 0. The van der Waals surface area contributed by atoms with Crippen LogP contribution in [0.2, 0.25) is 0 Å². The molecule has 1 fully saturated rings. The zero-order valence-corrected chi connectivity index (χ0v) is 11.6. The summed E-state index contributed by atoms with van der Waals surface area (Å²) in [7, 11) is 0. The Balaban J connectivity index is 0.00000120. The Kier molecular flexibility index (Phi) is 4.15. The molecule has 0 radical (unpaired) electrons. The first kappa shape index (κ1) is 13.7. The van der Waals surface area contributed by atoms with E-state index in [2.05, 4.69) is 31.3 Å². The van der Waals surface area contributed by atoms with Crippen LogP contribution in [0.1, 0.15) is 30.9 Å². The molecule has 18 heavy (non-hydrogen) atoms. The van der Waals surface area contributed by atoms with Crippen molar-refractivity contribution < 1.29 is 9.47 Å². The molecule has 4 heteroatoms. The number of fused-ring (bicyclic) bond motifs is 3. The second kappa shape index (κ2) is 5.47. The van der Waals surface area contributed by atoms with E-state index >= 15 is 0 Å². The van der Waals surface area contributed by atoms with Crippen LogP contribution < -0.4 is 10.1 Å². The van der Waals surface area contributed by atoms with Gasteiger partial charge in [0.2, 0.25) is 0 Å². The van der Waals surface area contributed by atoms with E-state index in [4.69, 9.17) is 9.47 Å². The van der Waals surface area contributed by atoms with E-state index < -0.39 is 0 Å². The fraction of sp³-hybridized carbons (Fsp3) is 0.571. The summed E-state index contributed by atoms with van der Waals surface area (Å²) in [5, 5.41) is 3.40. The number of rotatable bonds is 2. The van der Waals surface area contributed by atoms with Gasteiger partial charge in [-0.25, -0.2) is 0 Å². The van der Waals surface area contributed by atoms with Crippen LogP contribution in [-0.2, 0) is 11.3 Å². The molecular formula is C14H20ClNO2.